The summed E-state index contributed by atoms with van der Waals surface area (Å²) in [5.41, 5.74) is 0.152. The Hall–Kier alpha value is -2.39. The van der Waals surface area contributed by atoms with Crippen molar-refractivity contribution < 1.29 is 26.4 Å². The van der Waals surface area contributed by atoms with Gasteiger partial charge in [0.2, 0.25) is 10.0 Å². The van der Waals surface area contributed by atoms with Gasteiger partial charge in [-0.25, -0.2) is 26.3 Å². The molecule has 146 valence electrons. The summed E-state index contributed by atoms with van der Waals surface area (Å²) in [6, 6.07) is 7.38. The molecule has 1 amide bonds. The normalized spacial score (nSPS) is 11.6. The Morgan fingerprint density at radius 2 is 1.63 bits per heavy atom. The first-order valence-corrected chi connectivity index (χ1v) is 9.63. The van der Waals surface area contributed by atoms with Crippen LogP contribution in [0.15, 0.2) is 41.3 Å². The molecule has 0 aromatic heterocycles. The van der Waals surface area contributed by atoms with Gasteiger partial charge in [-0.2, -0.15) is 0 Å². The quantitative estimate of drug-likeness (QED) is 0.702. The maximum absolute atomic E-state index is 13.6. The van der Waals surface area contributed by atoms with Crippen LogP contribution < -0.4 is 10.0 Å². The van der Waals surface area contributed by atoms with Gasteiger partial charge in [0, 0.05) is 12.6 Å². The fourth-order valence-corrected chi connectivity index (χ4v) is 3.58. The van der Waals surface area contributed by atoms with Crippen molar-refractivity contribution in [2.45, 2.75) is 31.2 Å². The average Bonchev–Trinajstić information content (AvgIpc) is 2.59. The molecule has 0 aliphatic rings. The van der Waals surface area contributed by atoms with Crippen molar-refractivity contribution in [2.75, 3.05) is 6.54 Å². The summed E-state index contributed by atoms with van der Waals surface area (Å²) in [6.07, 6.45) is 0.342. The standard InChI is InChI=1S/C18H19F3N2O3S/c1-11(2)23-27(25,26)13-5-3-12(4-6-13)9-10-22-18(24)14-7-8-15(19)17(21)16(14)20/h3-8,11,23H,9-10H2,1-2H3,(H,22,24). The third-order valence-electron chi connectivity index (χ3n) is 3.60. The summed E-state index contributed by atoms with van der Waals surface area (Å²) in [5, 5.41) is 2.41. The van der Waals surface area contributed by atoms with E-state index in [4.69, 9.17) is 0 Å². The first-order valence-electron chi connectivity index (χ1n) is 8.15. The van der Waals surface area contributed by atoms with Gasteiger partial charge in [0.15, 0.2) is 17.5 Å². The summed E-state index contributed by atoms with van der Waals surface area (Å²) >= 11 is 0. The largest absolute Gasteiger partial charge is 0.352 e. The van der Waals surface area contributed by atoms with Gasteiger partial charge in [0.05, 0.1) is 10.5 Å². The minimum atomic E-state index is -3.59. The van der Waals surface area contributed by atoms with Crippen LogP contribution in [0.3, 0.4) is 0 Å². The number of sulfonamides is 1. The van der Waals surface area contributed by atoms with E-state index in [2.05, 4.69) is 10.0 Å². The third kappa shape index (κ3) is 5.30. The van der Waals surface area contributed by atoms with Crippen LogP contribution in [0.5, 0.6) is 0 Å². The summed E-state index contributed by atoms with van der Waals surface area (Å²) < 4.78 is 66.2. The van der Waals surface area contributed by atoms with E-state index >= 15 is 0 Å². The van der Waals surface area contributed by atoms with Gasteiger partial charge in [0.25, 0.3) is 5.91 Å². The Kier molecular flexibility index (Phi) is 6.61. The molecule has 0 saturated heterocycles. The zero-order valence-corrected chi connectivity index (χ0v) is 15.5. The second-order valence-corrected chi connectivity index (χ2v) is 7.86. The van der Waals surface area contributed by atoms with Gasteiger partial charge in [-0.15, -0.1) is 0 Å². The summed E-state index contributed by atoms with van der Waals surface area (Å²) in [4.78, 5) is 12.0. The highest BCUT2D eigenvalue weighted by molar-refractivity contribution is 7.89. The molecule has 0 aliphatic carbocycles. The lowest BCUT2D eigenvalue weighted by atomic mass is 10.1. The smallest absolute Gasteiger partial charge is 0.254 e. The molecule has 0 atom stereocenters. The van der Waals surface area contributed by atoms with Gasteiger partial charge in [-0.3, -0.25) is 4.79 Å². The van der Waals surface area contributed by atoms with Crippen molar-refractivity contribution in [1.29, 1.82) is 0 Å². The van der Waals surface area contributed by atoms with Crippen LogP contribution in [0.2, 0.25) is 0 Å². The lowest BCUT2D eigenvalue weighted by Gasteiger charge is -2.10. The van der Waals surface area contributed by atoms with Crippen molar-refractivity contribution >= 4 is 15.9 Å². The zero-order chi connectivity index (χ0) is 20.2. The molecule has 0 spiro atoms. The number of nitrogens with one attached hydrogen (secondary N) is 2. The fraction of sp³-hybridized carbons (Fsp3) is 0.278. The molecule has 2 rings (SSSR count). The summed E-state index contributed by atoms with van der Waals surface area (Å²) in [6.45, 7) is 3.53. The number of rotatable bonds is 7. The molecule has 0 bridgehead atoms. The zero-order valence-electron chi connectivity index (χ0n) is 14.7. The van der Waals surface area contributed by atoms with E-state index in [0.29, 0.717) is 12.5 Å². The molecule has 0 saturated carbocycles. The molecular weight excluding hydrogens is 381 g/mol. The van der Waals surface area contributed by atoms with Crippen LogP contribution in [-0.4, -0.2) is 26.9 Å². The molecular formula is C18H19F3N2O3S. The fourth-order valence-electron chi connectivity index (χ4n) is 2.33. The van der Waals surface area contributed by atoms with Crippen molar-refractivity contribution in [3.63, 3.8) is 0 Å². The molecule has 0 heterocycles. The Labute approximate surface area is 155 Å². The van der Waals surface area contributed by atoms with E-state index < -0.39 is 38.9 Å². The number of halogens is 3. The van der Waals surface area contributed by atoms with Gasteiger partial charge in [-0.1, -0.05) is 12.1 Å². The molecule has 2 aromatic carbocycles. The van der Waals surface area contributed by atoms with Crippen molar-refractivity contribution in [1.82, 2.24) is 10.0 Å². The number of carbonyl (C=O) groups is 1. The Balaban J connectivity index is 1.96. The van der Waals surface area contributed by atoms with E-state index in [-0.39, 0.29) is 17.5 Å². The molecule has 5 nitrogen and oxygen atoms in total. The molecule has 0 unspecified atom stereocenters. The third-order valence-corrected chi connectivity index (χ3v) is 5.28. The van der Waals surface area contributed by atoms with Crippen molar-refractivity contribution in [3.8, 4) is 0 Å². The predicted octanol–water partition coefficient (Wildman–Crippen LogP) is 2.76. The second kappa shape index (κ2) is 8.53. The maximum atomic E-state index is 13.6. The summed E-state index contributed by atoms with van der Waals surface area (Å²) in [7, 11) is -3.59. The minimum Gasteiger partial charge on any atom is -0.352 e. The predicted molar refractivity (Wildman–Crippen MR) is 94.3 cm³/mol. The van der Waals surface area contributed by atoms with E-state index in [0.717, 1.165) is 11.6 Å². The topological polar surface area (TPSA) is 75.3 Å². The Morgan fingerprint density at radius 1 is 1.00 bits per heavy atom. The lowest BCUT2D eigenvalue weighted by Crippen LogP contribution is -2.30. The first kappa shape index (κ1) is 20.9. The minimum absolute atomic E-state index is 0.105. The van der Waals surface area contributed by atoms with Crippen LogP contribution in [0.25, 0.3) is 0 Å². The van der Waals surface area contributed by atoms with Crippen molar-refractivity contribution in [2.24, 2.45) is 0 Å². The monoisotopic (exact) mass is 400 g/mol. The highest BCUT2D eigenvalue weighted by atomic mass is 32.2. The Morgan fingerprint density at radius 3 is 2.22 bits per heavy atom. The average molecular weight is 400 g/mol. The van der Waals surface area contributed by atoms with E-state index in [9.17, 15) is 26.4 Å². The van der Waals surface area contributed by atoms with E-state index in [1.807, 2.05) is 0 Å². The van der Waals surface area contributed by atoms with Gasteiger partial charge < -0.3 is 5.32 Å². The van der Waals surface area contributed by atoms with Crippen LogP contribution in [0.1, 0.15) is 29.8 Å². The van der Waals surface area contributed by atoms with E-state index in [1.54, 1.807) is 26.0 Å². The second-order valence-electron chi connectivity index (χ2n) is 6.15. The number of benzene rings is 2. The van der Waals surface area contributed by atoms with Gasteiger partial charge in [0.1, 0.15) is 0 Å². The molecule has 2 aromatic rings. The molecule has 0 aliphatic heterocycles. The maximum Gasteiger partial charge on any atom is 0.254 e. The number of amides is 1. The van der Waals surface area contributed by atoms with E-state index in [1.165, 1.54) is 12.1 Å². The van der Waals surface area contributed by atoms with Crippen LogP contribution in [0.4, 0.5) is 13.2 Å². The van der Waals surface area contributed by atoms with Crippen molar-refractivity contribution in [3.05, 3.63) is 65.0 Å². The van der Waals surface area contributed by atoms with Gasteiger partial charge in [-0.05, 0) is 50.1 Å². The SMILES string of the molecule is CC(C)NS(=O)(=O)c1ccc(CCNC(=O)c2ccc(F)c(F)c2F)cc1. The molecule has 27 heavy (non-hydrogen) atoms. The molecule has 0 radical (unpaired) electrons. The number of hydrogen-bond acceptors (Lipinski definition) is 3. The van der Waals surface area contributed by atoms with Crippen LogP contribution in [-0.2, 0) is 16.4 Å². The lowest BCUT2D eigenvalue weighted by molar-refractivity contribution is 0.0949. The first-order chi connectivity index (χ1) is 12.6. The molecule has 9 heteroatoms. The molecule has 0 fully saturated rings. The van der Waals surface area contributed by atoms with Crippen LogP contribution >= 0.6 is 0 Å². The molecule has 2 N–H and O–H groups in total. The summed E-state index contributed by atoms with van der Waals surface area (Å²) in [5.74, 6) is -5.48. The van der Waals surface area contributed by atoms with Crippen LogP contribution in [0, 0.1) is 17.5 Å². The Bertz CT molecular complexity index is 930. The highest BCUT2D eigenvalue weighted by Crippen LogP contribution is 2.15. The van der Waals surface area contributed by atoms with Gasteiger partial charge >= 0.3 is 0 Å². The number of hydrogen-bond donors (Lipinski definition) is 2. The highest BCUT2D eigenvalue weighted by Gasteiger charge is 2.18. The number of carbonyl (C=O) groups excluding carboxylic acids is 1.